The average molecular weight is 500 g/mol. The third kappa shape index (κ3) is 5.72. The molecule has 34 heavy (non-hydrogen) atoms. The van der Waals surface area contributed by atoms with Crippen molar-refractivity contribution in [1.29, 1.82) is 0 Å². The van der Waals surface area contributed by atoms with E-state index in [2.05, 4.69) is 9.89 Å². The van der Waals surface area contributed by atoms with Crippen LogP contribution in [0.25, 0.3) is 0 Å². The van der Waals surface area contributed by atoms with Gasteiger partial charge in [0, 0.05) is 17.5 Å². The number of carbonyl (C=O) groups excluding carboxylic acids is 1. The molecule has 0 spiro atoms. The third-order valence-corrected chi connectivity index (χ3v) is 4.65. The van der Waals surface area contributed by atoms with E-state index in [4.69, 9.17) is 4.84 Å². The molecule has 184 valence electrons. The minimum atomic E-state index is -5.13. The number of hydrogen-bond acceptors (Lipinski definition) is 4. The fourth-order valence-electron chi connectivity index (χ4n) is 3.10. The first-order chi connectivity index (χ1) is 15.6. The number of hydrogen-bond donors (Lipinski definition) is 1. The molecule has 5 nitrogen and oxygen atoms in total. The van der Waals surface area contributed by atoms with Crippen LogP contribution in [0.3, 0.4) is 0 Å². The Morgan fingerprint density at radius 1 is 1.00 bits per heavy atom. The van der Waals surface area contributed by atoms with E-state index >= 15 is 0 Å². The first-order valence-corrected chi connectivity index (χ1v) is 9.23. The zero-order valence-corrected chi connectivity index (χ0v) is 16.6. The summed E-state index contributed by atoms with van der Waals surface area (Å²) in [4.78, 5) is 16.5. The number of nitrogens with one attached hydrogen (secondary N) is 1. The Labute approximate surface area is 185 Å². The van der Waals surface area contributed by atoms with Gasteiger partial charge in [0.2, 0.25) is 0 Å². The van der Waals surface area contributed by atoms with E-state index in [1.165, 1.54) is 0 Å². The molecule has 2 aromatic carbocycles. The van der Waals surface area contributed by atoms with Gasteiger partial charge < -0.3 is 14.9 Å². The molecule has 0 bridgehead atoms. The molecule has 1 N–H and O–H groups in total. The summed E-state index contributed by atoms with van der Waals surface area (Å²) in [5, 5.41) is 5.08. The van der Waals surface area contributed by atoms with Crippen LogP contribution in [0.5, 0.6) is 5.75 Å². The predicted molar refractivity (Wildman–Crippen MR) is 97.9 cm³/mol. The molecule has 2 aromatic rings. The van der Waals surface area contributed by atoms with E-state index in [9.17, 15) is 44.3 Å². The highest BCUT2D eigenvalue weighted by atomic mass is 19.4. The van der Waals surface area contributed by atoms with E-state index in [0.29, 0.717) is 6.07 Å². The Balaban J connectivity index is 1.83. The molecule has 0 saturated carbocycles. The summed E-state index contributed by atoms with van der Waals surface area (Å²) in [7, 11) is 0. The van der Waals surface area contributed by atoms with Crippen LogP contribution in [0.2, 0.25) is 0 Å². The van der Waals surface area contributed by atoms with Crippen LogP contribution in [-0.2, 0) is 10.4 Å². The molecule has 0 aromatic heterocycles. The van der Waals surface area contributed by atoms with Crippen molar-refractivity contribution in [3.63, 3.8) is 0 Å². The van der Waals surface area contributed by atoms with E-state index in [-0.39, 0.29) is 16.8 Å². The van der Waals surface area contributed by atoms with E-state index in [1.54, 1.807) is 5.32 Å². The first-order valence-electron chi connectivity index (χ1n) is 9.23. The lowest BCUT2D eigenvalue weighted by Gasteiger charge is -2.29. The first kappa shape index (κ1) is 25.2. The maximum atomic E-state index is 14.0. The van der Waals surface area contributed by atoms with Crippen LogP contribution in [-0.4, -0.2) is 36.9 Å². The van der Waals surface area contributed by atoms with Gasteiger partial charge in [-0.05, 0) is 29.8 Å². The van der Waals surface area contributed by atoms with Crippen molar-refractivity contribution in [2.75, 3.05) is 6.54 Å². The number of oxime groups is 1. The molecule has 1 amide bonds. The number of amides is 1. The number of rotatable bonds is 5. The van der Waals surface area contributed by atoms with Crippen LogP contribution in [0.4, 0.5) is 39.5 Å². The van der Waals surface area contributed by atoms with Crippen molar-refractivity contribution in [3.05, 3.63) is 65.2 Å². The van der Waals surface area contributed by atoms with Crippen molar-refractivity contribution in [3.8, 4) is 5.75 Å². The van der Waals surface area contributed by atoms with Gasteiger partial charge in [-0.3, -0.25) is 4.79 Å². The van der Waals surface area contributed by atoms with E-state index in [1.807, 2.05) is 0 Å². The minimum absolute atomic E-state index is 0.0567. The maximum Gasteiger partial charge on any atom is 0.573 e. The average Bonchev–Trinajstić information content (AvgIpc) is 3.17. The SMILES string of the molecule is O=C(NCC(F)(F)F)c1ccc(C2=NOC(c3cccc(OC(F)(F)F)c3)(C(F)(F)F)C2)cc1. The molecule has 0 saturated heterocycles. The molecular weight excluding hydrogens is 487 g/mol. The van der Waals surface area contributed by atoms with Crippen LogP contribution in [0.1, 0.15) is 27.9 Å². The molecule has 1 heterocycles. The molecule has 1 aliphatic heterocycles. The molecule has 0 aliphatic carbocycles. The van der Waals surface area contributed by atoms with Gasteiger partial charge in [0.05, 0.1) is 5.71 Å². The summed E-state index contributed by atoms with van der Waals surface area (Å²) in [5.41, 5.74) is -4.19. The monoisotopic (exact) mass is 500 g/mol. The standard InChI is InChI=1S/C20H13F9N2O3/c21-18(22,23)10-30-16(32)12-6-4-11(5-7-12)15-9-17(34-31-15,19(24,25)26)13-2-1-3-14(8-13)33-20(27,28)29/h1-8H,9-10H2,(H,30,32). The summed E-state index contributed by atoms with van der Waals surface area (Å²) in [6, 6.07) is 7.65. The Morgan fingerprint density at radius 3 is 2.21 bits per heavy atom. The summed E-state index contributed by atoms with van der Waals surface area (Å²) in [6.45, 7) is -1.57. The van der Waals surface area contributed by atoms with Crippen molar-refractivity contribution in [1.82, 2.24) is 5.32 Å². The molecule has 1 unspecified atom stereocenters. The zero-order chi connectivity index (χ0) is 25.4. The van der Waals surface area contributed by atoms with Crippen molar-refractivity contribution in [2.45, 2.75) is 30.7 Å². The number of benzene rings is 2. The lowest BCUT2D eigenvalue weighted by molar-refractivity contribution is -0.277. The van der Waals surface area contributed by atoms with Crippen molar-refractivity contribution >= 4 is 11.6 Å². The lowest BCUT2D eigenvalue weighted by atomic mass is 9.86. The normalized spacial score (nSPS) is 18.8. The predicted octanol–water partition coefficient (Wildman–Crippen LogP) is 5.46. The van der Waals surface area contributed by atoms with E-state index < -0.39 is 54.5 Å². The molecule has 0 radical (unpaired) electrons. The topological polar surface area (TPSA) is 59.9 Å². The molecule has 1 aliphatic rings. The maximum absolute atomic E-state index is 14.0. The van der Waals surface area contributed by atoms with Gasteiger partial charge in [-0.25, -0.2) is 0 Å². The van der Waals surface area contributed by atoms with Crippen LogP contribution < -0.4 is 10.1 Å². The summed E-state index contributed by atoms with van der Waals surface area (Å²) in [6.07, 6.45) is -15.8. The fourth-order valence-corrected chi connectivity index (χ4v) is 3.10. The van der Waals surface area contributed by atoms with E-state index in [0.717, 1.165) is 42.5 Å². The zero-order valence-electron chi connectivity index (χ0n) is 16.6. The van der Waals surface area contributed by atoms with Gasteiger partial charge in [0.15, 0.2) is 0 Å². The highest BCUT2D eigenvalue weighted by Gasteiger charge is 2.62. The third-order valence-electron chi connectivity index (χ3n) is 4.65. The van der Waals surface area contributed by atoms with Crippen molar-refractivity contribution < 1.29 is 53.9 Å². The molecule has 3 rings (SSSR count). The molecule has 1 atom stereocenters. The Kier molecular flexibility index (Phi) is 6.46. The van der Waals surface area contributed by atoms with Crippen LogP contribution in [0, 0.1) is 0 Å². The Hall–Kier alpha value is -3.45. The smallest absolute Gasteiger partial charge is 0.406 e. The number of ether oxygens (including phenoxy) is 1. The largest absolute Gasteiger partial charge is 0.573 e. The number of halogens is 9. The number of nitrogens with zero attached hydrogens (tertiary/aromatic N) is 1. The van der Waals surface area contributed by atoms with Gasteiger partial charge in [-0.15, -0.1) is 13.2 Å². The minimum Gasteiger partial charge on any atom is -0.406 e. The highest BCUT2D eigenvalue weighted by Crippen LogP contribution is 2.49. The van der Waals surface area contributed by atoms with Crippen LogP contribution in [0.15, 0.2) is 53.7 Å². The second-order valence-corrected chi connectivity index (χ2v) is 7.08. The lowest BCUT2D eigenvalue weighted by Crippen LogP contribution is -2.42. The number of alkyl halides is 9. The highest BCUT2D eigenvalue weighted by molar-refractivity contribution is 6.03. The Morgan fingerprint density at radius 2 is 1.65 bits per heavy atom. The second kappa shape index (κ2) is 8.72. The van der Waals surface area contributed by atoms with Gasteiger partial charge in [-0.1, -0.05) is 29.4 Å². The quantitative estimate of drug-likeness (QED) is 0.555. The molecular formula is C20H13F9N2O3. The molecule has 0 fully saturated rings. The van der Waals surface area contributed by atoms with Crippen molar-refractivity contribution in [2.24, 2.45) is 5.16 Å². The Bertz CT molecular complexity index is 1080. The van der Waals surface area contributed by atoms with Gasteiger partial charge in [0.25, 0.3) is 11.5 Å². The van der Waals surface area contributed by atoms with Gasteiger partial charge in [-0.2, -0.15) is 26.3 Å². The fraction of sp³-hybridized carbons (Fsp3) is 0.300. The summed E-state index contributed by atoms with van der Waals surface area (Å²) < 4.78 is 120. The van der Waals surface area contributed by atoms with Gasteiger partial charge >= 0.3 is 18.7 Å². The van der Waals surface area contributed by atoms with Gasteiger partial charge in [0.1, 0.15) is 12.3 Å². The number of carbonyl (C=O) groups is 1. The second-order valence-electron chi connectivity index (χ2n) is 7.08. The molecule has 14 heteroatoms. The van der Waals surface area contributed by atoms with Crippen LogP contribution >= 0.6 is 0 Å². The summed E-state index contributed by atoms with van der Waals surface area (Å²) in [5.74, 6) is -1.94. The summed E-state index contributed by atoms with van der Waals surface area (Å²) >= 11 is 0.